The number of hydrogen-bond donors (Lipinski definition) is 1. The Morgan fingerprint density at radius 3 is 2.29 bits per heavy atom. The molecule has 0 amide bonds. The largest absolute Gasteiger partial charge is 0.215 e. The lowest BCUT2D eigenvalue weighted by Crippen LogP contribution is -2.22. The van der Waals surface area contributed by atoms with Crippen LogP contribution >= 0.6 is 0 Å². The first-order valence-electron chi connectivity index (χ1n) is 4.88. The van der Waals surface area contributed by atoms with Crippen molar-refractivity contribution in [1.29, 1.82) is 5.26 Å². The Labute approximate surface area is 86.4 Å². The molecule has 0 unspecified atom stereocenters. The molecule has 0 aliphatic rings. The standard InChI is InChI=1S/C9H18N2O2S/c1-14(12,13)11-9-7-5-3-2-4-6-8-10/h11H,2-7,9H2,1H3. The van der Waals surface area contributed by atoms with Gasteiger partial charge in [-0.25, -0.2) is 13.1 Å². The Morgan fingerprint density at radius 2 is 1.71 bits per heavy atom. The third kappa shape index (κ3) is 11.4. The van der Waals surface area contributed by atoms with Crippen LogP contribution in [-0.2, 0) is 10.0 Å². The zero-order chi connectivity index (χ0) is 10.9. The molecule has 14 heavy (non-hydrogen) atoms. The third-order valence-corrected chi connectivity index (χ3v) is 2.56. The van der Waals surface area contributed by atoms with Crippen LogP contribution in [0.5, 0.6) is 0 Å². The maximum Gasteiger partial charge on any atom is 0.208 e. The highest BCUT2D eigenvalue weighted by atomic mass is 32.2. The Bertz CT molecular complexity index is 267. The number of nitriles is 1. The summed E-state index contributed by atoms with van der Waals surface area (Å²) in [6.07, 6.45) is 6.78. The molecule has 0 aliphatic carbocycles. The fourth-order valence-electron chi connectivity index (χ4n) is 1.12. The van der Waals surface area contributed by atoms with Crippen molar-refractivity contribution >= 4 is 10.0 Å². The van der Waals surface area contributed by atoms with E-state index in [1.54, 1.807) is 0 Å². The van der Waals surface area contributed by atoms with Crippen molar-refractivity contribution in [1.82, 2.24) is 4.72 Å². The summed E-state index contributed by atoms with van der Waals surface area (Å²) < 4.78 is 23.8. The van der Waals surface area contributed by atoms with Crippen molar-refractivity contribution in [3.05, 3.63) is 0 Å². The summed E-state index contributed by atoms with van der Waals surface area (Å²) >= 11 is 0. The molecule has 0 radical (unpaired) electrons. The molecule has 0 saturated heterocycles. The summed E-state index contributed by atoms with van der Waals surface area (Å²) in [6, 6.07) is 2.10. The molecule has 5 heteroatoms. The quantitative estimate of drug-likeness (QED) is 0.626. The predicted octanol–water partition coefficient (Wildman–Crippen LogP) is 1.40. The molecule has 0 fully saturated rings. The molecule has 0 bridgehead atoms. The number of rotatable bonds is 8. The first-order valence-corrected chi connectivity index (χ1v) is 6.77. The summed E-state index contributed by atoms with van der Waals surface area (Å²) in [6.45, 7) is 0.525. The summed E-state index contributed by atoms with van der Waals surface area (Å²) in [7, 11) is -3.02. The zero-order valence-corrected chi connectivity index (χ0v) is 9.44. The maximum absolute atomic E-state index is 10.7. The lowest BCUT2D eigenvalue weighted by molar-refractivity contribution is 0.574. The molecule has 0 aromatic rings. The molecule has 0 atom stereocenters. The summed E-state index contributed by atoms with van der Waals surface area (Å²) in [5.74, 6) is 0. The molecule has 1 N–H and O–H groups in total. The van der Waals surface area contributed by atoms with Crippen molar-refractivity contribution in [3.63, 3.8) is 0 Å². The van der Waals surface area contributed by atoms with Gasteiger partial charge in [0, 0.05) is 13.0 Å². The molecule has 0 rings (SSSR count). The first-order chi connectivity index (χ1) is 6.56. The molecule has 0 aromatic carbocycles. The molecule has 0 aliphatic heterocycles. The van der Waals surface area contributed by atoms with E-state index in [2.05, 4.69) is 10.8 Å². The minimum atomic E-state index is -3.02. The fourth-order valence-corrected chi connectivity index (χ4v) is 1.63. The lowest BCUT2D eigenvalue weighted by atomic mass is 10.1. The van der Waals surface area contributed by atoms with E-state index in [0.717, 1.165) is 32.1 Å². The van der Waals surface area contributed by atoms with Gasteiger partial charge in [0.2, 0.25) is 10.0 Å². The van der Waals surface area contributed by atoms with E-state index >= 15 is 0 Å². The van der Waals surface area contributed by atoms with Crippen molar-refractivity contribution in [3.8, 4) is 6.07 Å². The van der Waals surface area contributed by atoms with Crippen LogP contribution in [0, 0.1) is 11.3 Å². The van der Waals surface area contributed by atoms with E-state index in [1.165, 1.54) is 6.26 Å². The molecule has 0 aromatic heterocycles. The number of nitrogens with one attached hydrogen (secondary N) is 1. The first kappa shape index (κ1) is 13.4. The summed E-state index contributed by atoms with van der Waals surface area (Å²) in [5, 5.41) is 8.27. The van der Waals surface area contributed by atoms with Crippen LogP contribution in [-0.4, -0.2) is 21.2 Å². The van der Waals surface area contributed by atoms with Gasteiger partial charge in [-0.15, -0.1) is 0 Å². The van der Waals surface area contributed by atoms with Crippen LogP contribution in [0.1, 0.15) is 38.5 Å². The normalized spacial score (nSPS) is 11.1. The SMILES string of the molecule is CS(=O)(=O)NCCCCCCCC#N. The Hall–Kier alpha value is -0.600. The highest BCUT2D eigenvalue weighted by molar-refractivity contribution is 7.88. The number of hydrogen-bond acceptors (Lipinski definition) is 3. The molecule has 0 heterocycles. The van der Waals surface area contributed by atoms with Crippen molar-refractivity contribution in [2.75, 3.05) is 12.8 Å². The van der Waals surface area contributed by atoms with Crippen LogP contribution in [0.2, 0.25) is 0 Å². The monoisotopic (exact) mass is 218 g/mol. The Balaban J connectivity index is 3.12. The molecular formula is C9H18N2O2S. The molecule has 0 saturated carbocycles. The zero-order valence-electron chi connectivity index (χ0n) is 8.62. The van der Waals surface area contributed by atoms with E-state index in [9.17, 15) is 8.42 Å². The smallest absolute Gasteiger partial charge is 0.208 e. The van der Waals surface area contributed by atoms with Gasteiger partial charge in [0.05, 0.1) is 12.3 Å². The van der Waals surface area contributed by atoms with E-state index in [-0.39, 0.29) is 0 Å². The van der Waals surface area contributed by atoms with Crippen molar-refractivity contribution in [2.45, 2.75) is 38.5 Å². The van der Waals surface area contributed by atoms with E-state index in [1.807, 2.05) is 0 Å². The fraction of sp³-hybridized carbons (Fsp3) is 0.889. The average molecular weight is 218 g/mol. The van der Waals surface area contributed by atoms with Gasteiger partial charge >= 0.3 is 0 Å². The number of nitrogens with zero attached hydrogens (tertiary/aromatic N) is 1. The van der Waals surface area contributed by atoms with Gasteiger partial charge in [0.25, 0.3) is 0 Å². The minimum absolute atomic E-state index is 0.525. The van der Waals surface area contributed by atoms with Crippen molar-refractivity contribution < 1.29 is 8.42 Å². The van der Waals surface area contributed by atoms with E-state index in [4.69, 9.17) is 5.26 Å². The summed E-state index contributed by atoms with van der Waals surface area (Å²) in [4.78, 5) is 0. The number of sulfonamides is 1. The topological polar surface area (TPSA) is 70.0 Å². The lowest BCUT2D eigenvalue weighted by Gasteiger charge is -2.01. The Morgan fingerprint density at radius 1 is 1.14 bits per heavy atom. The second-order valence-corrected chi connectivity index (χ2v) is 5.18. The van der Waals surface area contributed by atoms with Crippen LogP contribution in [0.3, 0.4) is 0 Å². The van der Waals surface area contributed by atoms with Gasteiger partial charge in [-0.2, -0.15) is 5.26 Å². The maximum atomic E-state index is 10.7. The summed E-state index contributed by atoms with van der Waals surface area (Å²) in [5.41, 5.74) is 0. The average Bonchev–Trinajstić information content (AvgIpc) is 2.08. The third-order valence-electron chi connectivity index (χ3n) is 1.83. The van der Waals surface area contributed by atoms with Gasteiger partial charge in [0.1, 0.15) is 0 Å². The Kier molecular flexibility index (Phi) is 7.44. The molecule has 82 valence electrons. The second-order valence-electron chi connectivity index (χ2n) is 3.34. The van der Waals surface area contributed by atoms with E-state index < -0.39 is 10.0 Å². The predicted molar refractivity (Wildman–Crippen MR) is 56.2 cm³/mol. The minimum Gasteiger partial charge on any atom is -0.215 e. The highest BCUT2D eigenvalue weighted by Gasteiger charge is 1.98. The molecular weight excluding hydrogens is 200 g/mol. The molecule has 4 nitrogen and oxygen atoms in total. The van der Waals surface area contributed by atoms with E-state index in [0.29, 0.717) is 13.0 Å². The second kappa shape index (κ2) is 7.77. The number of unbranched alkanes of at least 4 members (excludes halogenated alkanes) is 5. The van der Waals surface area contributed by atoms with Gasteiger partial charge in [0.15, 0.2) is 0 Å². The van der Waals surface area contributed by atoms with Crippen molar-refractivity contribution in [2.24, 2.45) is 0 Å². The van der Waals surface area contributed by atoms with Gasteiger partial charge in [-0.3, -0.25) is 0 Å². The molecule has 0 spiro atoms. The van der Waals surface area contributed by atoms with Crippen LogP contribution in [0.25, 0.3) is 0 Å². The van der Waals surface area contributed by atoms with Crippen LogP contribution in [0.15, 0.2) is 0 Å². The highest BCUT2D eigenvalue weighted by Crippen LogP contribution is 2.04. The van der Waals surface area contributed by atoms with Gasteiger partial charge in [-0.05, 0) is 12.8 Å². The van der Waals surface area contributed by atoms with Gasteiger partial charge < -0.3 is 0 Å². The van der Waals surface area contributed by atoms with Gasteiger partial charge in [-0.1, -0.05) is 19.3 Å². The van der Waals surface area contributed by atoms with Crippen LogP contribution < -0.4 is 4.72 Å². The van der Waals surface area contributed by atoms with Crippen LogP contribution in [0.4, 0.5) is 0 Å².